The summed E-state index contributed by atoms with van der Waals surface area (Å²) in [6, 6.07) is 4.53. The molecule has 1 aromatic carbocycles. The summed E-state index contributed by atoms with van der Waals surface area (Å²) < 4.78 is 1.74. The molecule has 3 rings (SSSR count). The highest BCUT2D eigenvalue weighted by Crippen LogP contribution is 2.24. The molecule has 126 valence electrons. The van der Waals surface area contributed by atoms with E-state index in [1.54, 1.807) is 17.6 Å². The van der Waals surface area contributed by atoms with E-state index in [1.165, 1.54) is 4.90 Å². The van der Waals surface area contributed by atoms with E-state index in [0.717, 1.165) is 5.56 Å². The summed E-state index contributed by atoms with van der Waals surface area (Å²) in [5, 5.41) is 18.0. The fourth-order valence-electron chi connectivity index (χ4n) is 2.90. The maximum absolute atomic E-state index is 12.7. The molecule has 1 amide bonds. The second-order valence-corrected chi connectivity index (χ2v) is 6.25. The Morgan fingerprint density at radius 1 is 1.33 bits per heavy atom. The number of hydrogen-bond donors (Lipinski definition) is 1. The van der Waals surface area contributed by atoms with Crippen LogP contribution in [0.1, 0.15) is 22.8 Å². The Morgan fingerprint density at radius 2 is 2.08 bits per heavy atom. The molecule has 1 aliphatic rings. The summed E-state index contributed by atoms with van der Waals surface area (Å²) in [5.74, 6) is -0.0991. The monoisotopic (exact) mass is 348 g/mol. The third-order valence-corrected chi connectivity index (χ3v) is 4.82. The lowest BCUT2D eigenvalue weighted by atomic mass is 10.1. The normalized spacial score (nSPS) is 16.8. The largest absolute Gasteiger partial charge is 0.480 e. The molecular weight excluding hydrogens is 332 g/mol. The average molecular weight is 349 g/mol. The van der Waals surface area contributed by atoms with Crippen LogP contribution in [0.25, 0.3) is 0 Å². The van der Waals surface area contributed by atoms with E-state index >= 15 is 0 Å². The highest BCUT2D eigenvalue weighted by Gasteiger charge is 2.36. The molecule has 0 spiro atoms. The molecule has 0 fully saturated rings. The minimum absolute atomic E-state index is 0.0530. The molecular formula is C16H17ClN4O3. The molecule has 1 aromatic heterocycles. The van der Waals surface area contributed by atoms with Gasteiger partial charge in [-0.3, -0.25) is 4.79 Å². The molecule has 1 atom stereocenters. The smallest absolute Gasteiger partial charge is 0.328 e. The number of fused-ring (bicyclic) bond motifs is 1. The zero-order valence-electron chi connectivity index (χ0n) is 13.4. The van der Waals surface area contributed by atoms with E-state index in [4.69, 9.17) is 11.6 Å². The van der Waals surface area contributed by atoms with Crippen molar-refractivity contribution in [3.63, 3.8) is 0 Å². The maximum atomic E-state index is 12.7. The first-order chi connectivity index (χ1) is 11.4. The summed E-state index contributed by atoms with van der Waals surface area (Å²) >= 11 is 6.25. The van der Waals surface area contributed by atoms with Crippen LogP contribution in [0.2, 0.25) is 5.02 Å². The van der Waals surface area contributed by atoms with Gasteiger partial charge in [0.05, 0.1) is 19.5 Å². The van der Waals surface area contributed by atoms with Crippen molar-refractivity contribution < 1.29 is 14.7 Å². The van der Waals surface area contributed by atoms with E-state index in [0.29, 0.717) is 22.2 Å². The molecule has 0 saturated carbocycles. The summed E-state index contributed by atoms with van der Waals surface area (Å²) in [7, 11) is 0. The lowest BCUT2D eigenvalue weighted by Gasteiger charge is -2.33. The summed E-state index contributed by atoms with van der Waals surface area (Å²) in [6.07, 6.45) is 0.0530. The van der Waals surface area contributed by atoms with Crippen molar-refractivity contribution in [3.8, 4) is 0 Å². The predicted octanol–water partition coefficient (Wildman–Crippen LogP) is 1.59. The zero-order chi connectivity index (χ0) is 17.4. The lowest BCUT2D eigenvalue weighted by Crippen LogP contribution is -2.51. The molecule has 24 heavy (non-hydrogen) atoms. The van der Waals surface area contributed by atoms with E-state index in [9.17, 15) is 14.7 Å². The number of nitrogens with zero attached hydrogens (tertiary/aromatic N) is 4. The van der Waals surface area contributed by atoms with Gasteiger partial charge in [-0.25, -0.2) is 4.79 Å². The molecule has 8 heteroatoms. The minimum atomic E-state index is -1.04. The molecule has 1 N–H and O–H groups in total. The van der Waals surface area contributed by atoms with Gasteiger partial charge in [0.2, 0.25) is 5.91 Å². The second-order valence-electron chi connectivity index (χ2n) is 5.87. The van der Waals surface area contributed by atoms with E-state index in [1.807, 2.05) is 19.1 Å². The average Bonchev–Trinajstić information content (AvgIpc) is 2.91. The Morgan fingerprint density at radius 3 is 2.79 bits per heavy atom. The van der Waals surface area contributed by atoms with Crippen LogP contribution in [0.3, 0.4) is 0 Å². The molecule has 0 bridgehead atoms. The number of amides is 1. The van der Waals surface area contributed by atoms with Crippen LogP contribution in [-0.4, -0.2) is 42.7 Å². The summed E-state index contributed by atoms with van der Waals surface area (Å²) in [5.41, 5.74) is 1.57. The standard InChI is InChI=1S/C16H17ClN4O3/c1-9-4-3-5-11(15(9)17)6-14(22)21-8-13-19-18-10(2)20(13)7-12(21)16(23)24/h3-5,12H,6-8H2,1-2H3,(H,23,24). The molecule has 0 radical (unpaired) electrons. The minimum Gasteiger partial charge on any atom is -0.480 e. The van der Waals surface area contributed by atoms with E-state index in [-0.39, 0.29) is 25.4 Å². The number of benzene rings is 1. The van der Waals surface area contributed by atoms with Gasteiger partial charge in [0.25, 0.3) is 0 Å². The van der Waals surface area contributed by atoms with Crippen molar-refractivity contribution in [1.29, 1.82) is 0 Å². The van der Waals surface area contributed by atoms with Gasteiger partial charge in [0, 0.05) is 5.02 Å². The number of aliphatic carboxylic acids is 1. The van der Waals surface area contributed by atoms with Crippen LogP contribution in [0.15, 0.2) is 18.2 Å². The highest BCUT2D eigenvalue weighted by atomic mass is 35.5. The van der Waals surface area contributed by atoms with E-state index in [2.05, 4.69) is 10.2 Å². The molecule has 2 heterocycles. The van der Waals surface area contributed by atoms with Crippen molar-refractivity contribution in [2.75, 3.05) is 0 Å². The van der Waals surface area contributed by atoms with Crippen molar-refractivity contribution in [2.45, 2.75) is 39.4 Å². The third kappa shape index (κ3) is 2.87. The predicted molar refractivity (Wildman–Crippen MR) is 86.6 cm³/mol. The lowest BCUT2D eigenvalue weighted by molar-refractivity contribution is -0.152. The van der Waals surface area contributed by atoms with Gasteiger partial charge < -0.3 is 14.6 Å². The van der Waals surface area contributed by atoms with Crippen LogP contribution < -0.4 is 0 Å². The van der Waals surface area contributed by atoms with Gasteiger partial charge >= 0.3 is 5.97 Å². The molecule has 1 aliphatic heterocycles. The topological polar surface area (TPSA) is 88.3 Å². The van der Waals surface area contributed by atoms with Gasteiger partial charge in [-0.15, -0.1) is 10.2 Å². The zero-order valence-corrected chi connectivity index (χ0v) is 14.1. The molecule has 1 unspecified atom stereocenters. The van der Waals surface area contributed by atoms with Crippen molar-refractivity contribution in [1.82, 2.24) is 19.7 Å². The number of halogens is 1. The fraction of sp³-hybridized carbons (Fsp3) is 0.375. The molecule has 0 aliphatic carbocycles. The van der Waals surface area contributed by atoms with E-state index < -0.39 is 12.0 Å². The van der Waals surface area contributed by atoms with Gasteiger partial charge in [0.1, 0.15) is 11.9 Å². The summed E-state index contributed by atoms with van der Waals surface area (Å²) in [6.45, 7) is 3.90. The fourth-order valence-corrected chi connectivity index (χ4v) is 3.09. The van der Waals surface area contributed by atoms with Crippen molar-refractivity contribution >= 4 is 23.5 Å². The van der Waals surface area contributed by atoms with Crippen LogP contribution >= 0.6 is 11.6 Å². The van der Waals surface area contributed by atoms with Gasteiger partial charge in [0.15, 0.2) is 5.82 Å². The van der Waals surface area contributed by atoms with Gasteiger partial charge in [-0.05, 0) is 25.0 Å². The number of aromatic nitrogens is 3. The van der Waals surface area contributed by atoms with Crippen molar-refractivity contribution in [3.05, 3.63) is 46.0 Å². The number of carbonyl (C=O) groups excluding carboxylic acids is 1. The Bertz CT molecular complexity index is 818. The quantitative estimate of drug-likeness (QED) is 0.909. The molecule has 2 aromatic rings. The van der Waals surface area contributed by atoms with Crippen LogP contribution in [0.5, 0.6) is 0 Å². The Balaban J connectivity index is 1.87. The molecule has 0 saturated heterocycles. The first-order valence-corrected chi connectivity index (χ1v) is 7.91. The maximum Gasteiger partial charge on any atom is 0.328 e. The number of carboxylic acids is 1. The van der Waals surface area contributed by atoms with Crippen LogP contribution in [-0.2, 0) is 29.1 Å². The third-order valence-electron chi connectivity index (χ3n) is 4.27. The first kappa shape index (κ1) is 16.4. The van der Waals surface area contributed by atoms with Gasteiger partial charge in [-0.2, -0.15) is 0 Å². The van der Waals surface area contributed by atoms with Crippen molar-refractivity contribution in [2.24, 2.45) is 0 Å². The number of aryl methyl sites for hydroxylation is 2. The number of carboxylic acid groups (broad SMARTS) is 1. The second kappa shape index (κ2) is 6.24. The van der Waals surface area contributed by atoms with Crippen LogP contribution in [0.4, 0.5) is 0 Å². The number of hydrogen-bond acceptors (Lipinski definition) is 4. The SMILES string of the molecule is Cc1cccc(CC(=O)N2Cc3nnc(C)n3CC2C(=O)O)c1Cl. The molecule has 7 nitrogen and oxygen atoms in total. The number of rotatable bonds is 3. The Kier molecular flexibility index (Phi) is 4.28. The first-order valence-electron chi connectivity index (χ1n) is 7.53. The van der Waals surface area contributed by atoms with Crippen LogP contribution in [0, 0.1) is 13.8 Å². The summed E-state index contributed by atoms with van der Waals surface area (Å²) in [4.78, 5) is 25.7. The Labute approximate surface area is 143 Å². The number of carbonyl (C=O) groups is 2. The van der Waals surface area contributed by atoms with Gasteiger partial charge in [-0.1, -0.05) is 29.8 Å². The highest BCUT2D eigenvalue weighted by molar-refractivity contribution is 6.32. The Hall–Kier alpha value is -2.41.